The fourth-order valence-electron chi connectivity index (χ4n) is 2.40. The summed E-state index contributed by atoms with van der Waals surface area (Å²) < 4.78 is 18.6. The largest absolute Gasteiger partial charge is 0.445 e. The summed E-state index contributed by atoms with van der Waals surface area (Å²) >= 11 is 0. The van der Waals surface area contributed by atoms with Crippen molar-refractivity contribution >= 4 is 12.4 Å². The van der Waals surface area contributed by atoms with Crippen molar-refractivity contribution in [3.8, 4) is 0 Å². The van der Waals surface area contributed by atoms with E-state index in [1.165, 1.54) is 12.1 Å². The topological polar surface area (TPSA) is 95.9 Å². The molecule has 0 aliphatic rings. The zero-order valence-corrected chi connectivity index (χ0v) is 14.0. The number of carbonyl (C=O) groups excluding carboxylic acids is 2. The van der Waals surface area contributed by atoms with Crippen LogP contribution in [0.25, 0.3) is 0 Å². The molecule has 0 aromatic heterocycles. The molecule has 0 aliphatic heterocycles. The Morgan fingerprint density at radius 3 is 2.58 bits per heavy atom. The Morgan fingerprint density at radius 2 is 1.88 bits per heavy atom. The standard InChI is InChI=1S/C19H20FNO5/c20-16-8-4-7-14(15(16)11-22)18(24)17(23)9-10-21-19(25)26-12-13-5-2-1-3-6-13/h1-8,11,17-18,23-24H,9-10,12H2,(H,21,25). The molecule has 0 aliphatic carbocycles. The van der Waals surface area contributed by atoms with E-state index in [4.69, 9.17) is 4.74 Å². The highest BCUT2D eigenvalue weighted by Gasteiger charge is 2.22. The molecule has 0 bridgehead atoms. The fourth-order valence-corrected chi connectivity index (χ4v) is 2.40. The zero-order valence-electron chi connectivity index (χ0n) is 14.0. The number of rotatable bonds is 8. The van der Waals surface area contributed by atoms with Gasteiger partial charge >= 0.3 is 6.09 Å². The minimum Gasteiger partial charge on any atom is -0.445 e. The van der Waals surface area contributed by atoms with E-state index in [0.29, 0.717) is 6.29 Å². The number of amides is 1. The van der Waals surface area contributed by atoms with Gasteiger partial charge < -0.3 is 20.3 Å². The lowest BCUT2D eigenvalue weighted by Crippen LogP contribution is -2.30. The van der Waals surface area contributed by atoms with Crippen molar-refractivity contribution in [3.63, 3.8) is 0 Å². The van der Waals surface area contributed by atoms with E-state index in [1.54, 1.807) is 0 Å². The lowest BCUT2D eigenvalue weighted by atomic mass is 9.97. The molecule has 6 nitrogen and oxygen atoms in total. The first-order valence-electron chi connectivity index (χ1n) is 8.07. The molecule has 138 valence electrons. The van der Waals surface area contributed by atoms with Crippen LogP contribution in [0.2, 0.25) is 0 Å². The van der Waals surface area contributed by atoms with E-state index in [1.807, 2.05) is 30.3 Å². The van der Waals surface area contributed by atoms with Gasteiger partial charge in [0.15, 0.2) is 6.29 Å². The van der Waals surface area contributed by atoms with Gasteiger partial charge in [0.25, 0.3) is 0 Å². The highest BCUT2D eigenvalue weighted by atomic mass is 19.1. The maximum Gasteiger partial charge on any atom is 0.407 e. The van der Waals surface area contributed by atoms with Gasteiger partial charge in [-0.2, -0.15) is 0 Å². The van der Waals surface area contributed by atoms with Crippen molar-refractivity contribution in [1.29, 1.82) is 0 Å². The number of aliphatic hydroxyl groups excluding tert-OH is 2. The molecular weight excluding hydrogens is 341 g/mol. The van der Waals surface area contributed by atoms with Gasteiger partial charge in [-0.3, -0.25) is 4.79 Å². The molecule has 2 rings (SSSR count). The van der Waals surface area contributed by atoms with Crippen LogP contribution in [0.15, 0.2) is 48.5 Å². The van der Waals surface area contributed by atoms with Crippen molar-refractivity contribution in [3.05, 3.63) is 71.0 Å². The summed E-state index contributed by atoms with van der Waals surface area (Å²) in [6.45, 7) is 0.154. The second kappa shape index (κ2) is 9.65. The third-order valence-electron chi connectivity index (χ3n) is 3.81. The molecule has 0 heterocycles. The van der Waals surface area contributed by atoms with E-state index in [-0.39, 0.29) is 30.7 Å². The van der Waals surface area contributed by atoms with E-state index < -0.39 is 24.1 Å². The van der Waals surface area contributed by atoms with Crippen LogP contribution >= 0.6 is 0 Å². The van der Waals surface area contributed by atoms with Gasteiger partial charge in [-0.25, -0.2) is 9.18 Å². The number of carbonyl (C=O) groups is 2. The smallest absolute Gasteiger partial charge is 0.407 e. The van der Waals surface area contributed by atoms with Crippen molar-refractivity contribution in [1.82, 2.24) is 5.32 Å². The van der Waals surface area contributed by atoms with Crippen LogP contribution in [0.1, 0.15) is 34.0 Å². The van der Waals surface area contributed by atoms with Crippen molar-refractivity contribution in [2.24, 2.45) is 0 Å². The van der Waals surface area contributed by atoms with Gasteiger partial charge in [0.2, 0.25) is 0 Å². The number of aliphatic hydroxyl groups is 2. The molecule has 0 fully saturated rings. The molecule has 2 aromatic carbocycles. The molecule has 0 saturated heterocycles. The van der Waals surface area contributed by atoms with Gasteiger partial charge in [-0.05, 0) is 23.6 Å². The first-order chi connectivity index (χ1) is 12.5. The Labute approximate surface area is 150 Å². The van der Waals surface area contributed by atoms with E-state index in [9.17, 15) is 24.2 Å². The summed E-state index contributed by atoms with van der Waals surface area (Å²) in [6, 6.07) is 12.9. The Morgan fingerprint density at radius 1 is 1.15 bits per heavy atom. The molecular formula is C19H20FNO5. The number of nitrogens with one attached hydrogen (secondary N) is 1. The number of alkyl carbamates (subject to hydrolysis) is 1. The molecule has 1 amide bonds. The highest BCUT2D eigenvalue weighted by molar-refractivity contribution is 5.78. The third-order valence-corrected chi connectivity index (χ3v) is 3.81. The van der Waals surface area contributed by atoms with Crippen molar-refractivity contribution in [2.45, 2.75) is 25.2 Å². The van der Waals surface area contributed by atoms with Crippen LogP contribution in [0.4, 0.5) is 9.18 Å². The molecule has 0 saturated carbocycles. The zero-order chi connectivity index (χ0) is 18.9. The third kappa shape index (κ3) is 5.37. The van der Waals surface area contributed by atoms with E-state index >= 15 is 0 Å². The summed E-state index contributed by atoms with van der Waals surface area (Å²) in [7, 11) is 0. The molecule has 2 aromatic rings. The van der Waals surface area contributed by atoms with Gasteiger partial charge in [0, 0.05) is 6.54 Å². The average molecular weight is 361 g/mol. The summed E-state index contributed by atoms with van der Waals surface area (Å²) in [4.78, 5) is 22.6. The van der Waals surface area contributed by atoms with E-state index in [0.717, 1.165) is 11.6 Å². The predicted octanol–water partition coefficient (Wildman–Crippen LogP) is 2.35. The van der Waals surface area contributed by atoms with Gasteiger partial charge in [0.1, 0.15) is 18.5 Å². The molecule has 26 heavy (non-hydrogen) atoms. The number of hydrogen-bond acceptors (Lipinski definition) is 5. The monoisotopic (exact) mass is 361 g/mol. The summed E-state index contributed by atoms with van der Waals surface area (Å²) in [5.74, 6) is -0.772. The van der Waals surface area contributed by atoms with Crippen LogP contribution in [-0.4, -0.2) is 35.2 Å². The molecule has 2 unspecified atom stereocenters. The lowest BCUT2D eigenvalue weighted by Gasteiger charge is -2.19. The summed E-state index contributed by atoms with van der Waals surface area (Å²) in [5.41, 5.74) is 0.541. The lowest BCUT2D eigenvalue weighted by molar-refractivity contribution is 0.0131. The van der Waals surface area contributed by atoms with Crippen molar-refractivity contribution < 1.29 is 28.9 Å². The molecule has 3 N–H and O–H groups in total. The molecule has 0 spiro atoms. The predicted molar refractivity (Wildman–Crippen MR) is 92.0 cm³/mol. The summed E-state index contributed by atoms with van der Waals surface area (Å²) in [5, 5.41) is 22.6. The molecule has 2 atom stereocenters. The first kappa shape index (κ1) is 19.6. The Kier molecular flexibility index (Phi) is 7.25. The number of ether oxygens (including phenoxy) is 1. The van der Waals surface area contributed by atoms with Crippen molar-refractivity contribution in [2.75, 3.05) is 6.54 Å². The maximum absolute atomic E-state index is 13.6. The molecule has 7 heteroatoms. The van der Waals surface area contributed by atoms with Crippen LogP contribution in [0, 0.1) is 5.82 Å². The first-order valence-corrected chi connectivity index (χ1v) is 8.07. The Bertz CT molecular complexity index is 738. The second-order valence-electron chi connectivity index (χ2n) is 5.65. The van der Waals surface area contributed by atoms with Gasteiger partial charge in [-0.15, -0.1) is 0 Å². The van der Waals surface area contributed by atoms with Crippen LogP contribution in [-0.2, 0) is 11.3 Å². The fraction of sp³-hybridized carbons (Fsp3) is 0.263. The number of benzene rings is 2. The number of aldehydes is 1. The van der Waals surface area contributed by atoms with Crippen LogP contribution < -0.4 is 5.32 Å². The Hall–Kier alpha value is -2.77. The van der Waals surface area contributed by atoms with Gasteiger partial charge in [-0.1, -0.05) is 42.5 Å². The SMILES string of the molecule is O=Cc1c(F)cccc1C(O)C(O)CCNC(=O)OCc1ccccc1. The number of hydrogen-bond donors (Lipinski definition) is 3. The quantitative estimate of drug-likeness (QED) is 0.627. The normalized spacial score (nSPS) is 12.9. The Balaban J connectivity index is 1.79. The molecule has 0 radical (unpaired) electrons. The minimum absolute atomic E-state index is 0.000783. The number of halogens is 1. The van der Waals surface area contributed by atoms with Crippen LogP contribution in [0.5, 0.6) is 0 Å². The summed E-state index contributed by atoms with van der Waals surface area (Å²) in [6.07, 6.45) is -3.11. The second-order valence-corrected chi connectivity index (χ2v) is 5.65. The van der Waals surface area contributed by atoms with Crippen LogP contribution in [0.3, 0.4) is 0 Å². The average Bonchev–Trinajstić information content (AvgIpc) is 2.66. The highest BCUT2D eigenvalue weighted by Crippen LogP contribution is 2.23. The maximum atomic E-state index is 13.6. The minimum atomic E-state index is -1.45. The van der Waals surface area contributed by atoms with Gasteiger partial charge in [0.05, 0.1) is 11.7 Å². The van der Waals surface area contributed by atoms with E-state index in [2.05, 4.69) is 5.32 Å².